The minimum absolute atomic E-state index is 0.336. The van der Waals surface area contributed by atoms with Crippen LogP contribution in [0.4, 0.5) is 0 Å². The molecular formula is C15H29N3O. The van der Waals surface area contributed by atoms with Gasteiger partial charge in [0.25, 0.3) is 0 Å². The van der Waals surface area contributed by atoms with Crippen molar-refractivity contribution in [3.8, 4) is 0 Å². The Labute approximate surface area is 117 Å². The van der Waals surface area contributed by atoms with Crippen LogP contribution in [0.25, 0.3) is 0 Å². The van der Waals surface area contributed by atoms with Gasteiger partial charge >= 0.3 is 0 Å². The van der Waals surface area contributed by atoms with E-state index in [1.54, 1.807) is 0 Å². The van der Waals surface area contributed by atoms with E-state index in [9.17, 15) is 4.79 Å². The molecule has 0 radical (unpaired) electrons. The van der Waals surface area contributed by atoms with Gasteiger partial charge in [-0.2, -0.15) is 0 Å². The number of carbonyl (C=O) groups excluding carboxylic acids is 1. The van der Waals surface area contributed by atoms with Crippen molar-refractivity contribution in [3.05, 3.63) is 0 Å². The number of hydrogen-bond donors (Lipinski definition) is 0. The van der Waals surface area contributed by atoms with Gasteiger partial charge in [-0.25, -0.2) is 0 Å². The van der Waals surface area contributed by atoms with Crippen molar-refractivity contribution >= 4 is 5.91 Å². The van der Waals surface area contributed by atoms with Crippen molar-refractivity contribution in [2.75, 3.05) is 32.7 Å². The molecule has 0 aliphatic carbocycles. The lowest BCUT2D eigenvalue weighted by Crippen LogP contribution is -2.57. The minimum atomic E-state index is 0.336. The molecule has 4 heteroatoms. The number of rotatable bonds is 3. The highest BCUT2D eigenvalue weighted by atomic mass is 16.2. The average Bonchev–Trinajstić information content (AvgIpc) is 2.38. The number of carbonyl (C=O) groups is 1. The fourth-order valence-electron chi connectivity index (χ4n) is 3.25. The molecule has 0 saturated carbocycles. The summed E-state index contributed by atoms with van der Waals surface area (Å²) in [6.07, 6.45) is 2.29. The Morgan fingerprint density at radius 1 is 0.895 bits per heavy atom. The standard InChI is InChI=1S/C15H29N3O/c1-12(2)16-7-5-14(6-8-16)18-10-9-17(13(3)4)11-15(18)19/h12-14H,5-11H2,1-4H3. The van der Waals surface area contributed by atoms with Crippen molar-refractivity contribution in [3.63, 3.8) is 0 Å². The summed E-state index contributed by atoms with van der Waals surface area (Å²) >= 11 is 0. The van der Waals surface area contributed by atoms with Crippen LogP contribution < -0.4 is 0 Å². The van der Waals surface area contributed by atoms with Gasteiger partial charge < -0.3 is 9.80 Å². The maximum Gasteiger partial charge on any atom is 0.237 e. The second kappa shape index (κ2) is 6.23. The predicted octanol–water partition coefficient (Wildman–Crippen LogP) is 1.41. The first-order valence-electron chi connectivity index (χ1n) is 7.76. The zero-order chi connectivity index (χ0) is 14.0. The maximum absolute atomic E-state index is 12.3. The first-order valence-corrected chi connectivity index (χ1v) is 7.76. The zero-order valence-corrected chi connectivity index (χ0v) is 12.9. The summed E-state index contributed by atoms with van der Waals surface area (Å²) in [5.74, 6) is 0.336. The van der Waals surface area contributed by atoms with Crippen LogP contribution in [0.1, 0.15) is 40.5 Å². The highest BCUT2D eigenvalue weighted by molar-refractivity contribution is 5.79. The molecule has 19 heavy (non-hydrogen) atoms. The normalized spacial score (nSPS) is 24.7. The lowest BCUT2D eigenvalue weighted by Gasteiger charge is -2.44. The molecule has 0 unspecified atom stereocenters. The molecule has 2 aliphatic heterocycles. The van der Waals surface area contributed by atoms with E-state index in [2.05, 4.69) is 42.4 Å². The van der Waals surface area contributed by atoms with Gasteiger partial charge in [0.1, 0.15) is 0 Å². The van der Waals surface area contributed by atoms with Crippen LogP contribution in [0.15, 0.2) is 0 Å². The third-order valence-corrected chi connectivity index (χ3v) is 4.69. The smallest absolute Gasteiger partial charge is 0.237 e. The Hall–Kier alpha value is -0.610. The van der Waals surface area contributed by atoms with E-state index in [-0.39, 0.29) is 0 Å². The van der Waals surface area contributed by atoms with Crippen LogP contribution in [0.2, 0.25) is 0 Å². The van der Waals surface area contributed by atoms with Crippen molar-refractivity contribution in [1.82, 2.24) is 14.7 Å². The molecule has 0 aromatic rings. The highest BCUT2D eigenvalue weighted by Crippen LogP contribution is 2.20. The second-order valence-corrected chi connectivity index (χ2v) is 6.51. The molecule has 2 rings (SSSR count). The summed E-state index contributed by atoms with van der Waals surface area (Å²) < 4.78 is 0. The van der Waals surface area contributed by atoms with E-state index >= 15 is 0 Å². The molecule has 110 valence electrons. The van der Waals surface area contributed by atoms with Crippen molar-refractivity contribution in [2.45, 2.75) is 58.7 Å². The molecule has 4 nitrogen and oxygen atoms in total. The van der Waals surface area contributed by atoms with E-state index in [0.29, 0.717) is 30.6 Å². The average molecular weight is 267 g/mol. The number of likely N-dealkylation sites (tertiary alicyclic amines) is 1. The quantitative estimate of drug-likeness (QED) is 0.773. The molecule has 0 N–H and O–H groups in total. The first-order chi connectivity index (χ1) is 8.99. The van der Waals surface area contributed by atoms with Crippen LogP contribution in [0, 0.1) is 0 Å². The Morgan fingerprint density at radius 2 is 1.47 bits per heavy atom. The molecule has 2 aliphatic rings. The van der Waals surface area contributed by atoms with E-state index in [1.807, 2.05) is 0 Å². The SMILES string of the molecule is CC(C)N1CCC(N2CCN(C(C)C)CC2=O)CC1. The highest BCUT2D eigenvalue weighted by Gasteiger charge is 2.32. The van der Waals surface area contributed by atoms with Gasteiger partial charge in [-0.3, -0.25) is 9.69 Å². The lowest BCUT2D eigenvalue weighted by molar-refractivity contribution is -0.140. The molecule has 0 aromatic heterocycles. The monoisotopic (exact) mass is 267 g/mol. The van der Waals surface area contributed by atoms with Gasteiger partial charge in [0.15, 0.2) is 0 Å². The summed E-state index contributed by atoms with van der Waals surface area (Å²) in [4.78, 5) is 19.2. The summed E-state index contributed by atoms with van der Waals surface area (Å²) in [7, 11) is 0. The molecule has 2 heterocycles. The van der Waals surface area contributed by atoms with Gasteiger partial charge in [0.05, 0.1) is 6.54 Å². The third kappa shape index (κ3) is 3.48. The van der Waals surface area contributed by atoms with Crippen LogP contribution >= 0.6 is 0 Å². The Kier molecular flexibility index (Phi) is 4.85. The fourth-order valence-corrected chi connectivity index (χ4v) is 3.25. The van der Waals surface area contributed by atoms with Crippen molar-refractivity contribution in [2.24, 2.45) is 0 Å². The Morgan fingerprint density at radius 3 is 1.95 bits per heavy atom. The van der Waals surface area contributed by atoms with Crippen LogP contribution in [-0.2, 0) is 4.79 Å². The van der Waals surface area contributed by atoms with E-state index < -0.39 is 0 Å². The van der Waals surface area contributed by atoms with E-state index in [4.69, 9.17) is 0 Å². The van der Waals surface area contributed by atoms with Gasteiger partial charge in [-0.15, -0.1) is 0 Å². The molecular weight excluding hydrogens is 238 g/mol. The van der Waals surface area contributed by atoms with E-state index in [1.165, 1.54) is 0 Å². The first kappa shape index (κ1) is 14.8. The largest absolute Gasteiger partial charge is 0.337 e. The molecule has 2 fully saturated rings. The van der Waals surface area contributed by atoms with Crippen LogP contribution in [0.5, 0.6) is 0 Å². The number of nitrogens with zero attached hydrogens (tertiary/aromatic N) is 3. The number of piperazine rings is 1. The second-order valence-electron chi connectivity index (χ2n) is 6.51. The summed E-state index contributed by atoms with van der Waals surface area (Å²) in [5, 5.41) is 0. The van der Waals surface area contributed by atoms with Crippen molar-refractivity contribution < 1.29 is 4.79 Å². The van der Waals surface area contributed by atoms with Gasteiger partial charge in [-0.1, -0.05) is 0 Å². The molecule has 2 saturated heterocycles. The molecule has 0 spiro atoms. The van der Waals surface area contributed by atoms with Gasteiger partial charge in [-0.05, 0) is 40.5 Å². The minimum Gasteiger partial charge on any atom is -0.337 e. The number of hydrogen-bond acceptors (Lipinski definition) is 3. The lowest BCUT2D eigenvalue weighted by atomic mass is 10.0. The molecule has 0 aromatic carbocycles. The van der Waals surface area contributed by atoms with Gasteiger partial charge in [0.2, 0.25) is 5.91 Å². The fraction of sp³-hybridized carbons (Fsp3) is 0.933. The van der Waals surface area contributed by atoms with Gasteiger partial charge in [0, 0.05) is 44.3 Å². The van der Waals surface area contributed by atoms with Crippen molar-refractivity contribution in [1.29, 1.82) is 0 Å². The molecule has 0 atom stereocenters. The number of amides is 1. The summed E-state index contributed by atoms with van der Waals surface area (Å²) in [6, 6.07) is 1.60. The zero-order valence-electron chi connectivity index (χ0n) is 12.9. The Balaban J connectivity index is 1.85. The Bertz CT molecular complexity index is 309. The summed E-state index contributed by atoms with van der Waals surface area (Å²) in [5.41, 5.74) is 0. The maximum atomic E-state index is 12.3. The number of piperidine rings is 1. The molecule has 0 bridgehead atoms. The topological polar surface area (TPSA) is 26.8 Å². The van der Waals surface area contributed by atoms with Crippen LogP contribution in [-0.4, -0.2) is 71.5 Å². The summed E-state index contributed by atoms with van der Waals surface area (Å²) in [6.45, 7) is 13.7. The molecule has 1 amide bonds. The predicted molar refractivity (Wildman–Crippen MR) is 78.2 cm³/mol. The van der Waals surface area contributed by atoms with E-state index in [0.717, 1.165) is 39.0 Å². The van der Waals surface area contributed by atoms with Crippen LogP contribution in [0.3, 0.4) is 0 Å². The third-order valence-electron chi connectivity index (χ3n) is 4.69.